The first-order valence-corrected chi connectivity index (χ1v) is 8.46. The highest BCUT2D eigenvalue weighted by Crippen LogP contribution is 2.22. The van der Waals surface area contributed by atoms with E-state index in [1.165, 1.54) is 5.56 Å². The zero-order chi connectivity index (χ0) is 17.5. The number of amides is 2. The van der Waals surface area contributed by atoms with Crippen molar-refractivity contribution in [2.75, 3.05) is 6.54 Å². The molecule has 2 N–H and O–H groups in total. The average molecular weight is 318 g/mol. The molecule has 0 aliphatic rings. The molecule has 0 aromatic heterocycles. The molecule has 0 saturated heterocycles. The van der Waals surface area contributed by atoms with Crippen molar-refractivity contribution in [2.45, 2.75) is 65.3 Å². The molecule has 0 radical (unpaired) electrons. The Morgan fingerprint density at radius 3 is 2.09 bits per heavy atom. The first kappa shape index (κ1) is 19.2. The number of hydrogen-bond donors (Lipinski definition) is 2. The highest BCUT2D eigenvalue weighted by Gasteiger charge is 2.14. The third kappa shape index (κ3) is 6.43. The molecule has 0 bridgehead atoms. The lowest BCUT2D eigenvalue weighted by atomic mass is 9.87. The summed E-state index contributed by atoms with van der Waals surface area (Å²) in [4.78, 5) is 23.9. The van der Waals surface area contributed by atoms with E-state index in [9.17, 15) is 9.59 Å². The highest BCUT2D eigenvalue weighted by atomic mass is 16.2. The molecule has 4 nitrogen and oxygen atoms in total. The summed E-state index contributed by atoms with van der Waals surface area (Å²) in [6.45, 7) is 10.9. The fourth-order valence-electron chi connectivity index (χ4n) is 2.31. The van der Waals surface area contributed by atoms with E-state index < -0.39 is 0 Å². The van der Waals surface area contributed by atoms with Crippen molar-refractivity contribution in [3.05, 3.63) is 35.4 Å². The number of hydrogen-bond acceptors (Lipinski definition) is 2. The maximum Gasteiger partial charge on any atom is 0.251 e. The van der Waals surface area contributed by atoms with Crippen LogP contribution in [0.2, 0.25) is 0 Å². The van der Waals surface area contributed by atoms with E-state index in [1.807, 2.05) is 24.3 Å². The molecule has 1 aromatic carbocycles. The third-order valence-electron chi connectivity index (χ3n) is 4.00. The van der Waals surface area contributed by atoms with Gasteiger partial charge in [-0.05, 0) is 36.0 Å². The minimum Gasteiger partial charge on any atom is -0.353 e. The molecule has 1 rings (SSSR count). The first-order chi connectivity index (χ1) is 10.8. The fourth-order valence-corrected chi connectivity index (χ4v) is 2.31. The minimum absolute atomic E-state index is 0.0120. The summed E-state index contributed by atoms with van der Waals surface area (Å²) in [6, 6.07) is 7.85. The van der Waals surface area contributed by atoms with Gasteiger partial charge in [-0.3, -0.25) is 9.59 Å². The number of rotatable bonds is 7. The first-order valence-electron chi connectivity index (χ1n) is 8.46. The van der Waals surface area contributed by atoms with Gasteiger partial charge in [0.25, 0.3) is 5.91 Å². The molecule has 4 heteroatoms. The van der Waals surface area contributed by atoms with E-state index in [1.54, 1.807) is 0 Å². The van der Waals surface area contributed by atoms with Gasteiger partial charge >= 0.3 is 0 Å². The zero-order valence-electron chi connectivity index (χ0n) is 15.0. The second kappa shape index (κ2) is 8.70. The Bertz CT molecular complexity index is 511. The van der Waals surface area contributed by atoms with Crippen molar-refractivity contribution >= 4 is 11.8 Å². The summed E-state index contributed by atoms with van der Waals surface area (Å²) in [6.07, 6.45) is 2.16. The summed E-state index contributed by atoms with van der Waals surface area (Å²) in [5.41, 5.74) is 1.89. The van der Waals surface area contributed by atoms with Crippen molar-refractivity contribution in [1.29, 1.82) is 0 Å². The van der Waals surface area contributed by atoms with Crippen LogP contribution in [0, 0.1) is 0 Å². The van der Waals surface area contributed by atoms with Crippen LogP contribution in [0.15, 0.2) is 24.3 Å². The van der Waals surface area contributed by atoms with Crippen LogP contribution in [0.4, 0.5) is 0 Å². The number of nitrogens with one attached hydrogen (secondary N) is 2. The Morgan fingerprint density at radius 1 is 1.04 bits per heavy atom. The Balaban J connectivity index is 2.44. The van der Waals surface area contributed by atoms with Gasteiger partial charge in [-0.25, -0.2) is 0 Å². The molecular formula is C19H30N2O2. The number of carbonyl (C=O) groups excluding carboxylic acids is 2. The van der Waals surface area contributed by atoms with Crippen LogP contribution in [0.3, 0.4) is 0 Å². The van der Waals surface area contributed by atoms with Gasteiger partial charge in [-0.1, -0.05) is 46.8 Å². The van der Waals surface area contributed by atoms with E-state index in [-0.39, 0.29) is 23.3 Å². The van der Waals surface area contributed by atoms with Crippen molar-refractivity contribution < 1.29 is 9.59 Å². The molecule has 0 heterocycles. The Morgan fingerprint density at radius 2 is 1.61 bits per heavy atom. The highest BCUT2D eigenvalue weighted by molar-refractivity contribution is 5.94. The molecule has 0 aliphatic carbocycles. The number of benzene rings is 1. The molecule has 1 aromatic rings. The second-order valence-electron chi connectivity index (χ2n) is 6.91. The van der Waals surface area contributed by atoms with Crippen molar-refractivity contribution in [3.8, 4) is 0 Å². The van der Waals surface area contributed by atoms with Crippen LogP contribution in [-0.4, -0.2) is 24.4 Å². The lowest BCUT2D eigenvalue weighted by Crippen LogP contribution is -2.36. The van der Waals surface area contributed by atoms with Gasteiger partial charge in [-0.2, -0.15) is 0 Å². The summed E-state index contributed by atoms with van der Waals surface area (Å²) >= 11 is 0. The van der Waals surface area contributed by atoms with Crippen molar-refractivity contribution in [3.63, 3.8) is 0 Å². The van der Waals surface area contributed by atoms with E-state index in [0.717, 1.165) is 12.8 Å². The zero-order valence-corrected chi connectivity index (χ0v) is 15.0. The predicted molar refractivity (Wildman–Crippen MR) is 94.6 cm³/mol. The molecule has 0 spiro atoms. The molecule has 0 aliphatic heterocycles. The quantitative estimate of drug-likeness (QED) is 0.809. The van der Waals surface area contributed by atoms with Crippen LogP contribution >= 0.6 is 0 Å². The largest absolute Gasteiger partial charge is 0.353 e. The van der Waals surface area contributed by atoms with Crippen LogP contribution in [0.1, 0.15) is 69.8 Å². The van der Waals surface area contributed by atoms with Crippen molar-refractivity contribution in [2.24, 2.45) is 0 Å². The molecule has 0 fully saturated rings. The molecule has 128 valence electrons. The van der Waals surface area contributed by atoms with E-state index in [4.69, 9.17) is 0 Å². The van der Waals surface area contributed by atoms with Gasteiger partial charge in [0.05, 0.1) is 0 Å². The van der Waals surface area contributed by atoms with E-state index in [0.29, 0.717) is 18.5 Å². The third-order valence-corrected chi connectivity index (χ3v) is 4.00. The van der Waals surface area contributed by atoms with Gasteiger partial charge in [0, 0.05) is 24.6 Å². The molecule has 0 atom stereocenters. The van der Waals surface area contributed by atoms with Gasteiger partial charge < -0.3 is 10.6 Å². The maximum atomic E-state index is 12.1. The van der Waals surface area contributed by atoms with Gasteiger partial charge in [0.15, 0.2) is 0 Å². The second-order valence-corrected chi connectivity index (χ2v) is 6.91. The average Bonchev–Trinajstić information content (AvgIpc) is 2.51. The molecule has 0 unspecified atom stereocenters. The maximum absolute atomic E-state index is 12.1. The van der Waals surface area contributed by atoms with Crippen LogP contribution in [0.25, 0.3) is 0 Å². The molecule has 23 heavy (non-hydrogen) atoms. The molecular weight excluding hydrogens is 288 g/mol. The Labute approximate surface area is 140 Å². The van der Waals surface area contributed by atoms with E-state index >= 15 is 0 Å². The lowest BCUT2D eigenvalue weighted by molar-refractivity contribution is -0.121. The van der Waals surface area contributed by atoms with Gasteiger partial charge in [0.1, 0.15) is 0 Å². The normalized spacial score (nSPS) is 11.4. The van der Waals surface area contributed by atoms with Crippen LogP contribution < -0.4 is 10.6 Å². The van der Waals surface area contributed by atoms with Crippen LogP contribution in [-0.2, 0) is 10.2 Å². The monoisotopic (exact) mass is 318 g/mol. The van der Waals surface area contributed by atoms with Crippen molar-refractivity contribution in [1.82, 2.24) is 10.6 Å². The van der Waals surface area contributed by atoms with Crippen LogP contribution in [0.5, 0.6) is 0 Å². The van der Waals surface area contributed by atoms with Gasteiger partial charge in [0.2, 0.25) is 5.91 Å². The molecule has 0 saturated carbocycles. The number of carbonyl (C=O) groups is 2. The smallest absolute Gasteiger partial charge is 0.251 e. The standard InChI is InChI=1S/C19H30N2O2/c1-6-16(7-2)21-17(22)12-13-20-18(23)14-8-10-15(11-9-14)19(3,4)5/h8-11,16H,6-7,12-13H2,1-5H3,(H,20,23)(H,21,22). The van der Waals surface area contributed by atoms with E-state index in [2.05, 4.69) is 45.3 Å². The predicted octanol–water partition coefficient (Wildman–Crippen LogP) is 3.41. The molecule has 2 amide bonds. The summed E-state index contributed by atoms with van der Waals surface area (Å²) < 4.78 is 0. The lowest BCUT2D eigenvalue weighted by Gasteiger charge is -2.19. The fraction of sp³-hybridized carbons (Fsp3) is 0.579. The minimum atomic E-state index is -0.138. The SMILES string of the molecule is CCC(CC)NC(=O)CCNC(=O)c1ccc(C(C)(C)C)cc1. The Hall–Kier alpha value is -1.84. The Kier molecular flexibility index (Phi) is 7.27. The van der Waals surface area contributed by atoms with Gasteiger partial charge in [-0.15, -0.1) is 0 Å². The summed E-state index contributed by atoms with van der Waals surface area (Å²) in [5.74, 6) is -0.150. The summed E-state index contributed by atoms with van der Waals surface area (Å²) in [7, 11) is 0. The summed E-state index contributed by atoms with van der Waals surface area (Å²) in [5, 5.41) is 5.76. The topological polar surface area (TPSA) is 58.2 Å².